The lowest BCUT2D eigenvalue weighted by molar-refractivity contribution is 0.0951. The van der Waals surface area contributed by atoms with Crippen LogP contribution in [0.15, 0.2) is 59.6 Å². The van der Waals surface area contributed by atoms with Crippen LogP contribution in [0.2, 0.25) is 0 Å². The number of likely N-dealkylation sites (N-methyl/N-ethyl adjacent to an activating group) is 1. The zero-order valence-electron chi connectivity index (χ0n) is 14.1. The summed E-state index contributed by atoms with van der Waals surface area (Å²) in [5, 5.41) is 6.70. The maximum absolute atomic E-state index is 12.1. The van der Waals surface area contributed by atoms with E-state index in [2.05, 4.69) is 20.2 Å². The Morgan fingerprint density at radius 1 is 1.16 bits per heavy atom. The van der Waals surface area contributed by atoms with Crippen molar-refractivity contribution in [3.63, 3.8) is 0 Å². The van der Waals surface area contributed by atoms with Gasteiger partial charge in [-0.05, 0) is 29.6 Å². The molecule has 0 aliphatic carbocycles. The van der Waals surface area contributed by atoms with E-state index in [1.807, 2.05) is 60.4 Å². The fourth-order valence-electron chi connectivity index (χ4n) is 2.52. The number of amides is 1. The number of hydrogen-bond acceptors (Lipinski definition) is 5. The number of anilines is 1. The van der Waals surface area contributed by atoms with E-state index in [-0.39, 0.29) is 5.91 Å². The SMILES string of the molecule is CN(CCc1ccccn1)c1ncccc1CNC(=O)c1ccsc1. The highest BCUT2D eigenvalue weighted by molar-refractivity contribution is 7.08. The van der Waals surface area contributed by atoms with Crippen molar-refractivity contribution in [1.29, 1.82) is 0 Å². The van der Waals surface area contributed by atoms with Crippen molar-refractivity contribution in [1.82, 2.24) is 15.3 Å². The van der Waals surface area contributed by atoms with Crippen LogP contribution < -0.4 is 10.2 Å². The van der Waals surface area contributed by atoms with Gasteiger partial charge in [-0.1, -0.05) is 12.1 Å². The molecule has 3 aromatic heterocycles. The minimum atomic E-state index is -0.0628. The van der Waals surface area contributed by atoms with E-state index in [1.165, 1.54) is 11.3 Å². The Labute approximate surface area is 151 Å². The molecule has 6 heteroatoms. The van der Waals surface area contributed by atoms with Crippen molar-refractivity contribution in [2.75, 3.05) is 18.5 Å². The van der Waals surface area contributed by atoms with Gasteiger partial charge >= 0.3 is 0 Å². The molecular weight excluding hydrogens is 332 g/mol. The average molecular weight is 352 g/mol. The Balaban J connectivity index is 1.62. The maximum atomic E-state index is 12.1. The Hall–Kier alpha value is -2.73. The van der Waals surface area contributed by atoms with Gasteiger partial charge in [0.05, 0.1) is 0 Å². The Morgan fingerprint density at radius 3 is 2.80 bits per heavy atom. The van der Waals surface area contributed by atoms with E-state index in [0.29, 0.717) is 12.1 Å². The van der Waals surface area contributed by atoms with E-state index in [0.717, 1.165) is 30.0 Å². The highest BCUT2D eigenvalue weighted by Crippen LogP contribution is 2.16. The summed E-state index contributed by atoms with van der Waals surface area (Å²) in [4.78, 5) is 23.1. The maximum Gasteiger partial charge on any atom is 0.252 e. The zero-order chi connectivity index (χ0) is 17.5. The van der Waals surface area contributed by atoms with Gasteiger partial charge in [-0.3, -0.25) is 9.78 Å². The molecular formula is C19H20N4OS. The number of thiophene rings is 1. The van der Waals surface area contributed by atoms with Crippen molar-refractivity contribution in [2.24, 2.45) is 0 Å². The van der Waals surface area contributed by atoms with Crippen LogP contribution in [-0.4, -0.2) is 29.5 Å². The third kappa shape index (κ3) is 4.64. The van der Waals surface area contributed by atoms with Gasteiger partial charge in [0.15, 0.2) is 0 Å². The summed E-state index contributed by atoms with van der Waals surface area (Å²) in [7, 11) is 2.01. The molecule has 0 bridgehead atoms. The molecule has 5 nitrogen and oxygen atoms in total. The summed E-state index contributed by atoms with van der Waals surface area (Å²) in [6.07, 6.45) is 4.42. The first kappa shape index (κ1) is 17.1. The largest absolute Gasteiger partial charge is 0.359 e. The molecule has 0 spiro atoms. The van der Waals surface area contributed by atoms with Gasteiger partial charge in [0.1, 0.15) is 5.82 Å². The molecule has 128 valence electrons. The fraction of sp³-hybridized carbons (Fsp3) is 0.211. The number of aromatic nitrogens is 2. The number of nitrogens with one attached hydrogen (secondary N) is 1. The van der Waals surface area contributed by atoms with Crippen LogP contribution in [0.4, 0.5) is 5.82 Å². The average Bonchev–Trinajstić information content (AvgIpc) is 3.20. The van der Waals surface area contributed by atoms with Crippen LogP contribution in [0, 0.1) is 0 Å². The summed E-state index contributed by atoms with van der Waals surface area (Å²) in [5.41, 5.74) is 2.74. The first-order valence-electron chi connectivity index (χ1n) is 8.09. The van der Waals surface area contributed by atoms with Crippen molar-refractivity contribution in [3.8, 4) is 0 Å². The standard InChI is InChI=1S/C19H20N4OS/c1-23(11-7-17-6-2-3-9-20-17)18-15(5-4-10-21-18)13-22-19(24)16-8-12-25-14-16/h2-6,8-10,12,14H,7,11,13H2,1H3,(H,22,24). The fourth-order valence-corrected chi connectivity index (χ4v) is 3.15. The molecule has 0 unspecified atom stereocenters. The summed E-state index contributed by atoms with van der Waals surface area (Å²) in [6.45, 7) is 1.26. The van der Waals surface area contributed by atoms with Crippen LogP contribution in [0.3, 0.4) is 0 Å². The predicted molar refractivity (Wildman–Crippen MR) is 101 cm³/mol. The lowest BCUT2D eigenvalue weighted by atomic mass is 10.2. The molecule has 1 amide bonds. The molecule has 0 saturated carbocycles. The molecule has 0 aliphatic heterocycles. The summed E-state index contributed by atoms with van der Waals surface area (Å²) in [6, 6.07) is 11.6. The highest BCUT2D eigenvalue weighted by atomic mass is 32.1. The second kappa shape index (κ2) is 8.39. The van der Waals surface area contributed by atoms with Gasteiger partial charge < -0.3 is 10.2 Å². The quantitative estimate of drug-likeness (QED) is 0.710. The van der Waals surface area contributed by atoms with E-state index in [4.69, 9.17) is 0 Å². The van der Waals surface area contributed by atoms with Gasteiger partial charge in [-0.15, -0.1) is 0 Å². The molecule has 0 atom stereocenters. The molecule has 1 N–H and O–H groups in total. The van der Waals surface area contributed by atoms with E-state index in [9.17, 15) is 4.79 Å². The summed E-state index contributed by atoms with van der Waals surface area (Å²) in [5.74, 6) is 0.816. The first-order chi connectivity index (χ1) is 12.2. The molecule has 3 heterocycles. The molecule has 0 radical (unpaired) electrons. The number of carbonyl (C=O) groups excluding carboxylic acids is 1. The van der Waals surface area contributed by atoms with Gasteiger partial charge in [0.25, 0.3) is 5.91 Å². The second-order valence-electron chi connectivity index (χ2n) is 5.67. The van der Waals surface area contributed by atoms with Crippen LogP contribution in [-0.2, 0) is 13.0 Å². The number of hydrogen-bond donors (Lipinski definition) is 1. The molecule has 0 aromatic carbocycles. The molecule has 3 rings (SSSR count). The van der Waals surface area contributed by atoms with Gasteiger partial charge in [-0.25, -0.2) is 4.98 Å². The second-order valence-corrected chi connectivity index (χ2v) is 6.45. The van der Waals surface area contributed by atoms with Crippen LogP contribution in [0.25, 0.3) is 0 Å². The lowest BCUT2D eigenvalue weighted by Gasteiger charge is -2.21. The Morgan fingerprint density at radius 2 is 2.04 bits per heavy atom. The topological polar surface area (TPSA) is 58.1 Å². The van der Waals surface area contributed by atoms with Crippen molar-refractivity contribution in [3.05, 3.63) is 76.4 Å². The first-order valence-corrected chi connectivity index (χ1v) is 9.03. The van der Waals surface area contributed by atoms with Crippen LogP contribution in [0.1, 0.15) is 21.6 Å². The molecule has 3 aromatic rings. The lowest BCUT2D eigenvalue weighted by Crippen LogP contribution is -2.26. The smallest absolute Gasteiger partial charge is 0.252 e. The number of rotatable bonds is 7. The van der Waals surface area contributed by atoms with Gasteiger partial charge in [0.2, 0.25) is 0 Å². The van der Waals surface area contributed by atoms with E-state index < -0.39 is 0 Å². The van der Waals surface area contributed by atoms with Gasteiger partial charge in [-0.2, -0.15) is 11.3 Å². The highest BCUT2D eigenvalue weighted by Gasteiger charge is 2.11. The minimum Gasteiger partial charge on any atom is -0.359 e. The molecule has 0 aliphatic rings. The molecule has 0 saturated heterocycles. The van der Waals surface area contributed by atoms with E-state index in [1.54, 1.807) is 6.20 Å². The van der Waals surface area contributed by atoms with Crippen LogP contribution in [0.5, 0.6) is 0 Å². The predicted octanol–water partition coefficient (Wildman–Crippen LogP) is 3.15. The van der Waals surface area contributed by atoms with Crippen molar-refractivity contribution in [2.45, 2.75) is 13.0 Å². The Kier molecular flexibility index (Phi) is 5.74. The molecule has 25 heavy (non-hydrogen) atoms. The normalized spacial score (nSPS) is 10.4. The van der Waals surface area contributed by atoms with Crippen molar-refractivity contribution < 1.29 is 4.79 Å². The summed E-state index contributed by atoms with van der Waals surface area (Å²) < 4.78 is 0. The third-order valence-electron chi connectivity index (χ3n) is 3.88. The van der Waals surface area contributed by atoms with E-state index >= 15 is 0 Å². The third-order valence-corrected chi connectivity index (χ3v) is 4.56. The monoisotopic (exact) mass is 352 g/mol. The molecule has 0 fully saturated rings. The zero-order valence-corrected chi connectivity index (χ0v) is 14.9. The number of nitrogens with zero attached hydrogens (tertiary/aromatic N) is 3. The number of pyridine rings is 2. The van der Waals surface area contributed by atoms with Crippen LogP contribution >= 0.6 is 11.3 Å². The minimum absolute atomic E-state index is 0.0628. The number of carbonyl (C=O) groups is 1. The van der Waals surface area contributed by atoms with Gasteiger partial charge in [0, 0.05) is 61.2 Å². The Bertz CT molecular complexity index is 805. The summed E-state index contributed by atoms with van der Waals surface area (Å²) >= 11 is 1.51. The van der Waals surface area contributed by atoms with Crippen molar-refractivity contribution >= 4 is 23.1 Å².